The zero-order chi connectivity index (χ0) is 28.4. The largest absolute Gasteiger partial charge is 0.416 e. The van der Waals surface area contributed by atoms with Crippen molar-refractivity contribution in [2.45, 2.75) is 12.2 Å². The van der Waals surface area contributed by atoms with Crippen molar-refractivity contribution in [3.8, 4) is 0 Å². The van der Waals surface area contributed by atoms with E-state index >= 15 is 0 Å². The van der Waals surface area contributed by atoms with Crippen molar-refractivity contribution in [2.75, 3.05) is 37.7 Å². The number of alkyl halides is 3. The van der Waals surface area contributed by atoms with Crippen molar-refractivity contribution >= 4 is 23.0 Å². The minimum absolute atomic E-state index is 0.0984. The Hall–Kier alpha value is -4.27. The molecule has 5 nitrogen and oxygen atoms in total. The number of hydrogen-bond donors (Lipinski definition) is 0. The van der Waals surface area contributed by atoms with Crippen molar-refractivity contribution in [1.82, 2.24) is 9.80 Å². The number of carbonyl (C=O) groups excluding carboxylic acids is 1. The van der Waals surface area contributed by atoms with Crippen LogP contribution in [0.5, 0.6) is 0 Å². The maximum absolute atomic E-state index is 13.6. The maximum Gasteiger partial charge on any atom is 0.416 e. The second kappa shape index (κ2) is 11.3. The van der Waals surface area contributed by atoms with Gasteiger partial charge in [0.2, 0.25) is 0 Å². The van der Waals surface area contributed by atoms with Gasteiger partial charge in [0, 0.05) is 31.7 Å². The van der Waals surface area contributed by atoms with E-state index < -0.39 is 11.7 Å². The first-order valence-corrected chi connectivity index (χ1v) is 13.6. The molecule has 0 spiro atoms. The lowest BCUT2D eigenvalue weighted by molar-refractivity contribution is -0.137. The number of rotatable bonds is 6. The average molecular weight is 555 g/mol. The summed E-state index contributed by atoms with van der Waals surface area (Å²) < 4.78 is 39.8. The molecule has 0 saturated carbocycles. The summed E-state index contributed by atoms with van der Waals surface area (Å²) >= 11 is 0. The van der Waals surface area contributed by atoms with Crippen LogP contribution in [0.15, 0.2) is 114 Å². The molecule has 0 N–H and O–H groups in total. The number of para-hydroxylation sites is 1. The lowest BCUT2D eigenvalue weighted by atomic mass is 9.96. The Labute approximate surface area is 237 Å². The van der Waals surface area contributed by atoms with E-state index in [1.165, 1.54) is 23.3 Å². The van der Waals surface area contributed by atoms with Crippen molar-refractivity contribution in [2.24, 2.45) is 4.99 Å². The summed E-state index contributed by atoms with van der Waals surface area (Å²) in [5.41, 5.74) is 3.29. The predicted octanol–water partition coefficient (Wildman–Crippen LogP) is 6.54. The highest BCUT2D eigenvalue weighted by Gasteiger charge is 2.36. The number of anilines is 1. The summed E-state index contributed by atoms with van der Waals surface area (Å²) in [6.07, 6.45) is -4.48. The van der Waals surface area contributed by atoms with E-state index in [1.54, 1.807) is 11.0 Å². The molecule has 2 heterocycles. The number of carbonyl (C=O) groups is 1. The van der Waals surface area contributed by atoms with Crippen LogP contribution in [0.4, 0.5) is 24.5 Å². The zero-order valence-electron chi connectivity index (χ0n) is 22.3. The summed E-state index contributed by atoms with van der Waals surface area (Å²) in [6, 6.07) is 33.2. The van der Waals surface area contributed by atoms with Gasteiger partial charge in [-0.1, -0.05) is 84.9 Å². The fraction of sp³-hybridized carbons (Fsp3) is 0.212. The van der Waals surface area contributed by atoms with Gasteiger partial charge >= 0.3 is 6.18 Å². The number of piperazine rings is 1. The van der Waals surface area contributed by atoms with E-state index in [0.717, 1.165) is 44.0 Å². The average Bonchev–Trinajstić information content (AvgIpc) is 3.25. The zero-order valence-corrected chi connectivity index (χ0v) is 22.3. The van der Waals surface area contributed by atoms with Crippen LogP contribution < -0.4 is 4.90 Å². The van der Waals surface area contributed by atoms with E-state index in [-0.39, 0.29) is 23.3 Å². The van der Waals surface area contributed by atoms with E-state index in [1.807, 2.05) is 30.3 Å². The number of fused-ring (bicyclic) bond motifs is 1. The molecule has 0 aliphatic carbocycles. The molecule has 4 aromatic carbocycles. The van der Waals surface area contributed by atoms with E-state index in [0.29, 0.717) is 12.2 Å². The molecular formula is C33H29F3N4O. The summed E-state index contributed by atoms with van der Waals surface area (Å²) in [5, 5.41) is 0. The molecule has 0 aromatic heterocycles. The number of amides is 1. The third-order valence-electron chi connectivity index (χ3n) is 7.66. The van der Waals surface area contributed by atoms with Gasteiger partial charge in [-0.05, 0) is 35.4 Å². The summed E-state index contributed by atoms with van der Waals surface area (Å²) in [4.78, 5) is 24.4. The molecule has 208 valence electrons. The summed E-state index contributed by atoms with van der Waals surface area (Å²) in [5.74, 6) is -0.308. The summed E-state index contributed by atoms with van der Waals surface area (Å²) in [7, 11) is 0. The van der Waals surface area contributed by atoms with Crippen LogP contribution in [-0.4, -0.2) is 54.3 Å². The first-order chi connectivity index (χ1) is 19.9. The Morgan fingerprint density at radius 2 is 1.34 bits per heavy atom. The van der Waals surface area contributed by atoms with Gasteiger partial charge in [-0.2, -0.15) is 13.2 Å². The first kappa shape index (κ1) is 26.9. The topological polar surface area (TPSA) is 39.2 Å². The van der Waals surface area contributed by atoms with E-state index in [2.05, 4.69) is 63.3 Å². The van der Waals surface area contributed by atoms with Gasteiger partial charge < -0.3 is 0 Å². The Kier molecular flexibility index (Phi) is 7.43. The van der Waals surface area contributed by atoms with Crippen LogP contribution in [0, 0.1) is 0 Å². The molecule has 0 bridgehead atoms. The van der Waals surface area contributed by atoms with Gasteiger partial charge in [-0.25, -0.2) is 4.99 Å². The highest BCUT2D eigenvalue weighted by molar-refractivity contribution is 6.54. The SMILES string of the molecule is O=C1C(=Nc2cccc(C(F)(F)F)c2)c2ccccc2N1CN1CCN(C(c2ccccc2)c2ccccc2)CC1. The van der Waals surface area contributed by atoms with Crippen molar-refractivity contribution in [3.63, 3.8) is 0 Å². The van der Waals surface area contributed by atoms with Gasteiger partial charge in [0.05, 0.1) is 29.6 Å². The number of aliphatic imine (C=N–C) groups is 1. The molecule has 6 rings (SSSR count). The molecule has 2 aliphatic heterocycles. The molecule has 0 unspecified atom stereocenters. The lowest BCUT2D eigenvalue weighted by Crippen LogP contribution is -2.51. The quantitative estimate of drug-likeness (QED) is 0.272. The van der Waals surface area contributed by atoms with Crippen LogP contribution in [0.25, 0.3) is 0 Å². The van der Waals surface area contributed by atoms with Gasteiger partial charge in [0.1, 0.15) is 5.71 Å². The van der Waals surface area contributed by atoms with Crippen LogP contribution in [-0.2, 0) is 11.0 Å². The lowest BCUT2D eigenvalue weighted by Gasteiger charge is -2.40. The van der Waals surface area contributed by atoms with Gasteiger partial charge in [-0.15, -0.1) is 0 Å². The van der Waals surface area contributed by atoms with Gasteiger partial charge in [-0.3, -0.25) is 19.5 Å². The first-order valence-electron chi connectivity index (χ1n) is 13.6. The van der Waals surface area contributed by atoms with Crippen molar-refractivity contribution in [3.05, 3.63) is 131 Å². The minimum atomic E-state index is -4.48. The molecule has 0 atom stereocenters. The van der Waals surface area contributed by atoms with E-state index in [4.69, 9.17) is 0 Å². The predicted molar refractivity (Wildman–Crippen MR) is 154 cm³/mol. The molecule has 4 aromatic rings. The van der Waals surface area contributed by atoms with Crippen LogP contribution in [0.1, 0.15) is 28.3 Å². The van der Waals surface area contributed by atoms with Gasteiger partial charge in [0.15, 0.2) is 0 Å². The maximum atomic E-state index is 13.6. The fourth-order valence-corrected chi connectivity index (χ4v) is 5.64. The highest BCUT2D eigenvalue weighted by Crippen LogP contribution is 2.35. The molecule has 0 radical (unpaired) electrons. The monoisotopic (exact) mass is 554 g/mol. The normalized spacial score (nSPS) is 17.4. The molecule has 1 fully saturated rings. The Morgan fingerprint density at radius 3 is 1.98 bits per heavy atom. The molecular weight excluding hydrogens is 525 g/mol. The van der Waals surface area contributed by atoms with E-state index in [9.17, 15) is 18.0 Å². The van der Waals surface area contributed by atoms with Crippen LogP contribution >= 0.6 is 0 Å². The number of hydrogen-bond acceptors (Lipinski definition) is 4. The Morgan fingerprint density at radius 1 is 0.732 bits per heavy atom. The minimum Gasteiger partial charge on any atom is -0.293 e. The summed E-state index contributed by atoms with van der Waals surface area (Å²) in [6.45, 7) is 3.56. The van der Waals surface area contributed by atoms with Gasteiger partial charge in [0.25, 0.3) is 5.91 Å². The van der Waals surface area contributed by atoms with Crippen LogP contribution in [0.2, 0.25) is 0 Å². The molecule has 41 heavy (non-hydrogen) atoms. The van der Waals surface area contributed by atoms with Crippen molar-refractivity contribution in [1.29, 1.82) is 0 Å². The number of nitrogens with zero attached hydrogens (tertiary/aromatic N) is 4. The van der Waals surface area contributed by atoms with Crippen LogP contribution in [0.3, 0.4) is 0 Å². The number of benzene rings is 4. The second-order valence-electron chi connectivity index (χ2n) is 10.3. The molecule has 1 amide bonds. The fourth-order valence-electron chi connectivity index (χ4n) is 5.64. The standard InChI is InChI=1S/C33H29F3N4O/c34-33(35,36)26-14-9-15-27(22-26)37-30-28-16-7-8-17-29(28)40(32(30)41)23-38-18-20-39(21-19-38)31(24-10-3-1-4-11-24)25-12-5-2-6-13-25/h1-17,22,31H,18-21,23H2. The third-order valence-corrected chi connectivity index (χ3v) is 7.66. The smallest absolute Gasteiger partial charge is 0.293 e. The number of halogens is 3. The highest BCUT2D eigenvalue weighted by atomic mass is 19.4. The second-order valence-corrected chi connectivity index (χ2v) is 10.3. The van der Waals surface area contributed by atoms with Crippen molar-refractivity contribution < 1.29 is 18.0 Å². The molecule has 2 aliphatic rings. The molecule has 1 saturated heterocycles. The molecule has 8 heteroatoms. The Balaban J connectivity index is 1.20. The third kappa shape index (κ3) is 5.66. The Bertz CT molecular complexity index is 1510.